The second-order valence-corrected chi connectivity index (χ2v) is 18.3. The second kappa shape index (κ2) is 18.4. The van der Waals surface area contributed by atoms with Gasteiger partial charge in [0.05, 0.1) is 11.4 Å². The number of nitriles is 2. The van der Waals surface area contributed by atoms with E-state index in [1.54, 1.807) is 24.3 Å². The number of piperidine rings is 1. The lowest BCUT2D eigenvalue weighted by molar-refractivity contribution is 0.459. The van der Waals surface area contributed by atoms with E-state index >= 15 is 0 Å². The van der Waals surface area contributed by atoms with Crippen LogP contribution in [0.15, 0.2) is 77.5 Å². The Balaban J connectivity index is 0.000000175. The summed E-state index contributed by atoms with van der Waals surface area (Å²) in [6.07, 6.45) is 8.02. The Kier molecular flexibility index (Phi) is 12.7. The minimum absolute atomic E-state index is 0.312. The number of halogens is 3. The highest BCUT2D eigenvalue weighted by Crippen LogP contribution is 2.40. The summed E-state index contributed by atoms with van der Waals surface area (Å²) in [6, 6.07) is 20.9. The molecular formula is C47H44BrF2N11S2. The third kappa shape index (κ3) is 8.56. The van der Waals surface area contributed by atoms with Crippen LogP contribution in [0.3, 0.4) is 0 Å². The van der Waals surface area contributed by atoms with Crippen molar-refractivity contribution in [1.82, 2.24) is 34.1 Å². The molecule has 6 aromatic heterocycles. The van der Waals surface area contributed by atoms with Crippen molar-refractivity contribution < 1.29 is 8.78 Å². The van der Waals surface area contributed by atoms with Crippen molar-refractivity contribution in [3.8, 4) is 34.7 Å². The number of imidazole rings is 2. The largest absolute Gasteiger partial charge is 0.317 e. The molecule has 9 rings (SSSR count). The zero-order valence-electron chi connectivity index (χ0n) is 35.7. The maximum Gasteiger partial charge on any atom is 0.192 e. The summed E-state index contributed by atoms with van der Waals surface area (Å²) in [5, 5.41) is 24.2. The van der Waals surface area contributed by atoms with E-state index in [9.17, 15) is 19.3 Å². The number of nitrogens with zero attached hydrogens (tertiary/aromatic N) is 10. The summed E-state index contributed by atoms with van der Waals surface area (Å²) in [5.41, 5.74) is 9.93. The molecule has 1 aliphatic heterocycles. The first-order valence-electron chi connectivity index (χ1n) is 20.6. The van der Waals surface area contributed by atoms with Gasteiger partial charge < -0.3 is 15.1 Å². The third-order valence-corrected chi connectivity index (χ3v) is 13.8. The standard InChI is InChI=1S/C26H27FN6S.C21H17BrFN5S/c1-4-21-25(33-15-19(13-16(2)24(33)30-21)17-9-11-29-12-10-17)32(3)26-31-23(22(14-28)34-26)18-5-7-20(27)8-6-18;1-4-16-20(28-11-14(22)9-12(2)19(28)25-16)27(3)21-26-18(17(10-24)29-21)13-5-7-15(23)8-6-13/h5-8,13,15,17,29H,4,9-12H2,1-3H3;5-9,11H,4H2,1-3H3. The minimum Gasteiger partial charge on any atom is -0.317 e. The zero-order chi connectivity index (χ0) is 44.5. The second-order valence-electron chi connectivity index (χ2n) is 15.4. The monoisotopic (exact) mass is 943 g/mol. The molecule has 1 N–H and O–H groups in total. The molecule has 0 radical (unpaired) electrons. The van der Waals surface area contributed by atoms with Gasteiger partial charge in [-0.15, -0.1) is 0 Å². The summed E-state index contributed by atoms with van der Waals surface area (Å²) in [5.74, 6) is 1.79. The number of thiazole rings is 2. The highest BCUT2D eigenvalue weighted by atomic mass is 79.9. The molecule has 1 aliphatic rings. The molecular weight excluding hydrogens is 901 g/mol. The molecule has 0 saturated carbocycles. The van der Waals surface area contributed by atoms with Crippen LogP contribution in [-0.4, -0.2) is 55.9 Å². The number of hydrogen-bond donors (Lipinski definition) is 1. The van der Waals surface area contributed by atoms with Gasteiger partial charge in [0.2, 0.25) is 0 Å². The predicted octanol–water partition coefficient (Wildman–Crippen LogP) is 11.4. The van der Waals surface area contributed by atoms with Crippen LogP contribution < -0.4 is 15.1 Å². The fraction of sp³-hybridized carbons (Fsp3) is 0.277. The molecule has 1 fully saturated rings. The van der Waals surface area contributed by atoms with Crippen molar-refractivity contribution in [3.63, 3.8) is 0 Å². The van der Waals surface area contributed by atoms with Crippen LogP contribution in [0.1, 0.15) is 70.4 Å². The molecule has 11 nitrogen and oxygen atoms in total. The van der Waals surface area contributed by atoms with E-state index in [1.165, 1.54) is 52.5 Å². The van der Waals surface area contributed by atoms with E-state index in [2.05, 4.69) is 70.8 Å². The average Bonchev–Trinajstić information content (AvgIpc) is 4.10. The van der Waals surface area contributed by atoms with Crippen LogP contribution in [-0.2, 0) is 12.8 Å². The summed E-state index contributed by atoms with van der Waals surface area (Å²) >= 11 is 6.21. The van der Waals surface area contributed by atoms with Gasteiger partial charge in [-0.2, -0.15) is 10.5 Å². The third-order valence-electron chi connectivity index (χ3n) is 11.2. The first-order chi connectivity index (χ1) is 30.4. The lowest BCUT2D eigenvalue weighted by Gasteiger charge is -2.24. The van der Waals surface area contributed by atoms with E-state index in [4.69, 9.17) is 19.9 Å². The molecule has 16 heteroatoms. The maximum absolute atomic E-state index is 13.4. The minimum atomic E-state index is -0.320. The molecule has 63 heavy (non-hydrogen) atoms. The van der Waals surface area contributed by atoms with Crippen LogP contribution >= 0.6 is 38.6 Å². The van der Waals surface area contributed by atoms with Gasteiger partial charge in [0.25, 0.3) is 0 Å². The Bertz CT molecular complexity index is 3040. The normalized spacial score (nSPS) is 12.9. The van der Waals surface area contributed by atoms with E-state index < -0.39 is 0 Å². The highest BCUT2D eigenvalue weighted by molar-refractivity contribution is 9.10. The molecule has 0 atom stereocenters. The molecule has 320 valence electrons. The number of aryl methyl sites for hydroxylation is 4. The van der Waals surface area contributed by atoms with Crippen molar-refractivity contribution in [2.45, 2.75) is 59.3 Å². The lowest BCUT2D eigenvalue weighted by Crippen LogP contribution is -2.26. The molecule has 8 aromatic rings. The number of pyridine rings is 2. The molecule has 0 unspecified atom stereocenters. The Labute approximate surface area is 381 Å². The first-order valence-corrected chi connectivity index (χ1v) is 23.1. The number of fused-ring (bicyclic) bond motifs is 2. The van der Waals surface area contributed by atoms with E-state index in [-0.39, 0.29) is 11.6 Å². The van der Waals surface area contributed by atoms with Crippen LogP contribution in [0.5, 0.6) is 0 Å². The van der Waals surface area contributed by atoms with Gasteiger partial charge in [-0.1, -0.05) is 42.6 Å². The Morgan fingerprint density at radius 3 is 1.60 bits per heavy atom. The van der Waals surface area contributed by atoms with E-state index in [0.29, 0.717) is 42.9 Å². The van der Waals surface area contributed by atoms with Gasteiger partial charge in [0, 0.05) is 42.1 Å². The number of rotatable bonds is 9. The first kappa shape index (κ1) is 43.6. The number of benzene rings is 2. The quantitative estimate of drug-likeness (QED) is 0.150. The Morgan fingerprint density at radius 1 is 0.714 bits per heavy atom. The molecule has 0 aliphatic carbocycles. The van der Waals surface area contributed by atoms with Crippen molar-refractivity contribution in [1.29, 1.82) is 10.5 Å². The summed E-state index contributed by atoms with van der Waals surface area (Å²) in [4.78, 5) is 24.3. The molecule has 0 amide bonds. The fourth-order valence-corrected chi connectivity index (χ4v) is 10.3. The van der Waals surface area contributed by atoms with Crippen molar-refractivity contribution in [3.05, 3.63) is 127 Å². The van der Waals surface area contributed by atoms with Crippen LogP contribution in [0.25, 0.3) is 33.8 Å². The van der Waals surface area contributed by atoms with E-state index in [0.717, 1.165) is 94.3 Å². The van der Waals surface area contributed by atoms with Gasteiger partial charge in [-0.05, 0) is 146 Å². The summed E-state index contributed by atoms with van der Waals surface area (Å²) in [6.45, 7) is 10.4. The SMILES string of the molecule is CCc1nc2c(C)cc(Br)cn2c1N(C)c1nc(-c2ccc(F)cc2)c(C#N)s1.CCc1nc2c(C)cc(C3CCNCC3)cn2c1N(C)c1nc(-c2ccc(F)cc2)c(C#N)s1. The van der Waals surface area contributed by atoms with Gasteiger partial charge in [0.15, 0.2) is 10.3 Å². The summed E-state index contributed by atoms with van der Waals surface area (Å²) in [7, 11) is 3.90. The van der Waals surface area contributed by atoms with Gasteiger partial charge in [0.1, 0.15) is 67.8 Å². The van der Waals surface area contributed by atoms with E-state index in [1.807, 2.05) is 47.5 Å². The topological polar surface area (TPSA) is 126 Å². The smallest absolute Gasteiger partial charge is 0.192 e. The van der Waals surface area contributed by atoms with Crippen molar-refractivity contribution in [2.24, 2.45) is 0 Å². The van der Waals surface area contributed by atoms with Crippen molar-refractivity contribution >= 4 is 71.8 Å². The average molecular weight is 945 g/mol. The van der Waals surface area contributed by atoms with Gasteiger partial charge >= 0.3 is 0 Å². The molecule has 0 spiro atoms. The van der Waals surface area contributed by atoms with Crippen LogP contribution in [0.2, 0.25) is 0 Å². The number of anilines is 4. The van der Waals surface area contributed by atoms with Crippen LogP contribution in [0, 0.1) is 48.1 Å². The molecule has 7 heterocycles. The number of hydrogen-bond acceptors (Lipinski definition) is 11. The Hall–Kier alpha value is -6.04. The lowest BCUT2D eigenvalue weighted by atomic mass is 9.91. The fourth-order valence-electron chi connectivity index (χ4n) is 8.08. The molecule has 1 saturated heterocycles. The maximum atomic E-state index is 13.4. The number of nitrogens with one attached hydrogen (secondary N) is 1. The summed E-state index contributed by atoms with van der Waals surface area (Å²) < 4.78 is 31.9. The van der Waals surface area contributed by atoms with Gasteiger partial charge in [-0.3, -0.25) is 8.80 Å². The predicted molar refractivity (Wildman–Crippen MR) is 252 cm³/mol. The molecule has 2 aromatic carbocycles. The zero-order valence-corrected chi connectivity index (χ0v) is 38.9. The van der Waals surface area contributed by atoms with Gasteiger partial charge in [-0.25, -0.2) is 28.7 Å². The molecule has 0 bridgehead atoms. The van der Waals surface area contributed by atoms with Crippen LogP contribution in [0.4, 0.5) is 30.7 Å². The van der Waals surface area contributed by atoms with Crippen molar-refractivity contribution in [2.75, 3.05) is 37.0 Å². The number of aromatic nitrogens is 6. The highest BCUT2D eigenvalue weighted by Gasteiger charge is 2.26. The Morgan fingerprint density at radius 2 is 1.16 bits per heavy atom.